The van der Waals surface area contributed by atoms with Gasteiger partial charge in [-0.2, -0.15) is 0 Å². The van der Waals surface area contributed by atoms with Crippen molar-refractivity contribution >= 4 is 46.5 Å². The number of rotatable bonds is 8. The molecule has 13 heteroatoms. The van der Waals surface area contributed by atoms with Crippen LogP contribution >= 0.6 is 11.6 Å². The van der Waals surface area contributed by atoms with E-state index in [1.54, 1.807) is 12.1 Å². The SMILES string of the molecule is CN(C(=O)NCc1cccc(F)c1Cl)[C@@H](COC(=O)Nc1cc2cc(F)ccc2cn1)C[C@@H]1COC(=O)O1. The normalized spacial score (nSPS) is 15.4. The highest BCUT2D eigenvalue weighted by Crippen LogP contribution is 2.21. The van der Waals surface area contributed by atoms with Crippen LogP contribution in [0.5, 0.6) is 0 Å². The van der Waals surface area contributed by atoms with Gasteiger partial charge in [0.15, 0.2) is 0 Å². The van der Waals surface area contributed by atoms with Crippen LogP contribution in [0.4, 0.5) is 29.0 Å². The number of amides is 3. The molecule has 38 heavy (non-hydrogen) atoms. The molecule has 3 amide bonds. The number of benzene rings is 2. The first-order chi connectivity index (χ1) is 18.2. The Morgan fingerprint density at radius 2 is 2.05 bits per heavy atom. The van der Waals surface area contributed by atoms with E-state index in [0.717, 1.165) is 0 Å². The monoisotopic (exact) mass is 548 g/mol. The summed E-state index contributed by atoms with van der Waals surface area (Å²) in [6.45, 7) is -0.343. The van der Waals surface area contributed by atoms with E-state index in [1.807, 2.05) is 0 Å². The number of nitrogens with one attached hydrogen (secondary N) is 2. The first-order valence-corrected chi connectivity index (χ1v) is 11.8. The van der Waals surface area contributed by atoms with Gasteiger partial charge < -0.3 is 24.4 Å². The highest BCUT2D eigenvalue weighted by molar-refractivity contribution is 6.31. The fourth-order valence-electron chi connectivity index (χ4n) is 3.76. The summed E-state index contributed by atoms with van der Waals surface area (Å²) >= 11 is 5.95. The summed E-state index contributed by atoms with van der Waals surface area (Å²) < 4.78 is 42.4. The lowest BCUT2D eigenvalue weighted by Gasteiger charge is -2.29. The van der Waals surface area contributed by atoms with Gasteiger partial charge in [0.1, 0.15) is 36.8 Å². The smallest absolute Gasteiger partial charge is 0.447 e. The van der Waals surface area contributed by atoms with E-state index in [0.29, 0.717) is 16.3 Å². The van der Waals surface area contributed by atoms with Gasteiger partial charge in [-0.05, 0) is 41.3 Å². The summed E-state index contributed by atoms with van der Waals surface area (Å²) in [5.74, 6) is -0.906. The summed E-state index contributed by atoms with van der Waals surface area (Å²) in [7, 11) is 1.46. The number of aromatic nitrogens is 1. The number of hydrogen-bond donors (Lipinski definition) is 2. The summed E-state index contributed by atoms with van der Waals surface area (Å²) in [5, 5.41) is 6.21. The fourth-order valence-corrected chi connectivity index (χ4v) is 3.95. The zero-order valence-corrected chi connectivity index (χ0v) is 20.8. The maximum Gasteiger partial charge on any atom is 0.508 e. The molecule has 0 unspecified atom stereocenters. The summed E-state index contributed by atoms with van der Waals surface area (Å²) in [5.41, 5.74) is 0.376. The third-order valence-corrected chi connectivity index (χ3v) is 6.26. The minimum absolute atomic E-state index is 0.0204. The van der Waals surface area contributed by atoms with Gasteiger partial charge in [-0.25, -0.2) is 28.1 Å². The standard InChI is InChI=1S/C25H23ClF2N4O6/c1-32(23(33)30-11-15-3-2-4-20(28)22(15)26)18(9-19-13-37-25(35)38-19)12-36-24(34)31-21-8-16-7-17(27)6-5-14(16)10-29-21/h2-8,10,18-19H,9,11-13H2,1H3,(H,30,33)(H,29,31,34)/t18-,19-/m1/s1. The number of carbonyl (C=O) groups is 3. The van der Waals surface area contributed by atoms with Crippen LogP contribution in [0.1, 0.15) is 12.0 Å². The number of hydrogen-bond acceptors (Lipinski definition) is 7. The quantitative estimate of drug-likeness (QED) is 0.386. The number of fused-ring (bicyclic) bond motifs is 1. The van der Waals surface area contributed by atoms with E-state index < -0.39 is 42.1 Å². The molecule has 0 radical (unpaired) electrons. The van der Waals surface area contributed by atoms with E-state index >= 15 is 0 Å². The molecule has 1 saturated heterocycles. The van der Waals surface area contributed by atoms with Gasteiger partial charge in [0, 0.05) is 31.6 Å². The molecule has 4 rings (SSSR count). The number of cyclic esters (lactones) is 2. The predicted molar refractivity (Wildman–Crippen MR) is 133 cm³/mol. The van der Waals surface area contributed by atoms with Gasteiger partial charge in [0.05, 0.1) is 11.1 Å². The van der Waals surface area contributed by atoms with Crippen LogP contribution in [-0.2, 0) is 20.8 Å². The van der Waals surface area contributed by atoms with Crippen LogP contribution in [0.3, 0.4) is 0 Å². The number of likely N-dealkylation sites (N-methyl/N-ethyl adjacent to an activating group) is 1. The van der Waals surface area contributed by atoms with Crippen molar-refractivity contribution in [1.82, 2.24) is 15.2 Å². The third kappa shape index (κ3) is 6.76. The van der Waals surface area contributed by atoms with Crippen LogP contribution < -0.4 is 10.6 Å². The Bertz CT molecular complexity index is 1360. The fraction of sp³-hybridized carbons (Fsp3) is 0.280. The van der Waals surface area contributed by atoms with E-state index in [4.69, 9.17) is 25.8 Å². The van der Waals surface area contributed by atoms with E-state index in [-0.39, 0.29) is 37.0 Å². The molecule has 0 aliphatic carbocycles. The van der Waals surface area contributed by atoms with Gasteiger partial charge in [-0.3, -0.25) is 5.32 Å². The van der Waals surface area contributed by atoms with Crippen LogP contribution in [0.2, 0.25) is 5.02 Å². The minimum Gasteiger partial charge on any atom is -0.447 e. The first kappa shape index (κ1) is 26.9. The van der Waals surface area contributed by atoms with Crippen LogP contribution in [-0.4, -0.2) is 60.6 Å². The van der Waals surface area contributed by atoms with Gasteiger partial charge in [0.2, 0.25) is 0 Å². The summed E-state index contributed by atoms with van der Waals surface area (Å²) in [6.07, 6.45) is -0.775. The minimum atomic E-state index is -0.863. The van der Waals surface area contributed by atoms with Crippen molar-refractivity contribution in [3.05, 3.63) is 70.9 Å². The second kappa shape index (κ2) is 11.9. The van der Waals surface area contributed by atoms with Crippen LogP contribution in [0.25, 0.3) is 10.8 Å². The molecule has 1 aliphatic rings. The second-order valence-corrected chi connectivity index (χ2v) is 8.84. The van der Waals surface area contributed by atoms with Crippen molar-refractivity contribution < 1.29 is 37.4 Å². The van der Waals surface area contributed by atoms with Crippen molar-refractivity contribution in [3.8, 4) is 0 Å². The number of halogens is 3. The molecule has 200 valence electrons. The second-order valence-electron chi connectivity index (χ2n) is 8.46. The molecule has 0 bridgehead atoms. The molecule has 1 aromatic heterocycles. The van der Waals surface area contributed by atoms with Gasteiger partial charge >= 0.3 is 18.3 Å². The van der Waals surface area contributed by atoms with Gasteiger partial charge in [0.25, 0.3) is 0 Å². The zero-order valence-electron chi connectivity index (χ0n) is 20.1. The van der Waals surface area contributed by atoms with E-state index in [9.17, 15) is 23.2 Å². The maximum atomic E-state index is 13.7. The number of anilines is 1. The molecule has 2 heterocycles. The molecule has 10 nitrogen and oxygen atoms in total. The lowest BCUT2D eigenvalue weighted by atomic mass is 10.1. The number of nitrogens with zero attached hydrogens (tertiary/aromatic N) is 2. The van der Waals surface area contributed by atoms with Crippen molar-refractivity contribution in [2.24, 2.45) is 0 Å². The molecular formula is C25H23ClF2N4O6. The van der Waals surface area contributed by atoms with Crippen molar-refractivity contribution in [3.63, 3.8) is 0 Å². The molecule has 2 N–H and O–H groups in total. The number of pyridine rings is 1. The highest BCUT2D eigenvalue weighted by atomic mass is 35.5. The maximum absolute atomic E-state index is 13.7. The number of ether oxygens (including phenoxy) is 3. The number of urea groups is 1. The van der Waals surface area contributed by atoms with Gasteiger partial charge in [-0.15, -0.1) is 0 Å². The van der Waals surface area contributed by atoms with E-state index in [2.05, 4.69) is 15.6 Å². The Labute approximate surface area is 220 Å². The lowest BCUT2D eigenvalue weighted by Crippen LogP contribution is -2.47. The summed E-state index contributed by atoms with van der Waals surface area (Å²) in [6, 6.07) is 8.60. The molecule has 0 saturated carbocycles. The Balaban J connectivity index is 1.38. The Hall–Kier alpha value is -4.19. The average molecular weight is 549 g/mol. The Kier molecular flexibility index (Phi) is 8.41. The van der Waals surface area contributed by atoms with Crippen LogP contribution in [0.15, 0.2) is 48.7 Å². The molecule has 3 aromatic rings. The Morgan fingerprint density at radius 1 is 1.24 bits per heavy atom. The zero-order chi connectivity index (χ0) is 27.2. The third-order valence-electron chi connectivity index (χ3n) is 5.84. The lowest BCUT2D eigenvalue weighted by molar-refractivity contribution is 0.0803. The largest absolute Gasteiger partial charge is 0.508 e. The van der Waals surface area contributed by atoms with Crippen molar-refractivity contribution in [2.75, 3.05) is 25.6 Å². The highest BCUT2D eigenvalue weighted by Gasteiger charge is 2.32. The number of carbonyl (C=O) groups excluding carboxylic acids is 3. The van der Waals surface area contributed by atoms with E-state index in [1.165, 1.54) is 48.5 Å². The Morgan fingerprint density at radius 3 is 2.82 bits per heavy atom. The molecule has 2 atom stereocenters. The molecule has 1 aliphatic heterocycles. The molecule has 2 aromatic carbocycles. The first-order valence-electron chi connectivity index (χ1n) is 11.5. The molecular weight excluding hydrogens is 526 g/mol. The predicted octanol–water partition coefficient (Wildman–Crippen LogP) is 4.85. The van der Waals surface area contributed by atoms with Crippen LogP contribution in [0, 0.1) is 11.6 Å². The molecule has 1 fully saturated rings. The average Bonchev–Trinajstić information content (AvgIpc) is 3.31. The van der Waals surface area contributed by atoms with Crippen molar-refractivity contribution in [2.45, 2.75) is 25.1 Å². The summed E-state index contributed by atoms with van der Waals surface area (Å²) in [4.78, 5) is 42.0. The van der Waals surface area contributed by atoms with Gasteiger partial charge in [-0.1, -0.05) is 23.7 Å². The molecule has 0 spiro atoms. The topological polar surface area (TPSA) is 119 Å². The van der Waals surface area contributed by atoms with Crippen molar-refractivity contribution in [1.29, 1.82) is 0 Å².